The van der Waals surface area contributed by atoms with Crippen LogP contribution in [0.25, 0.3) is 0 Å². The molecule has 1 saturated heterocycles. The van der Waals surface area contributed by atoms with Crippen molar-refractivity contribution in [2.45, 2.75) is 13.3 Å². The average Bonchev–Trinajstić information content (AvgIpc) is 2.62. The van der Waals surface area contributed by atoms with Crippen molar-refractivity contribution >= 4 is 17.3 Å². The molecule has 25 heavy (non-hydrogen) atoms. The number of likely N-dealkylation sites (N-methyl/N-ethyl adjacent to an activating group) is 1. The first-order chi connectivity index (χ1) is 12.1. The molecular weight excluding hydrogens is 317 g/mol. The van der Waals surface area contributed by atoms with Crippen LogP contribution in [0.4, 0.5) is 15.8 Å². The molecule has 0 saturated carbocycles. The maximum absolute atomic E-state index is 13.2. The molecule has 1 amide bonds. The van der Waals surface area contributed by atoms with Crippen LogP contribution in [0.2, 0.25) is 0 Å². The van der Waals surface area contributed by atoms with E-state index < -0.39 is 0 Å². The first kappa shape index (κ1) is 17.4. The second kappa shape index (κ2) is 8.12. The zero-order chi connectivity index (χ0) is 17.6. The first-order valence-electron chi connectivity index (χ1n) is 8.75. The van der Waals surface area contributed by atoms with Crippen molar-refractivity contribution in [1.29, 1.82) is 0 Å². The number of nitrogens with one attached hydrogen (secondary N) is 1. The summed E-state index contributed by atoms with van der Waals surface area (Å²) < 4.78 is 13.2. The number of hydrogen-bond acceptors (Lipinski definition) is 3. The zero-order valence-corrected chi connectivity index (χ0v) is 14.5. The van der Waals surface area contributed by atoms with E-state index >= 15 is 0 Å². The number of benzene rings is 2. The highest BCUT2D eigenvalue weighted by Gasteiger charge is 2.15. The predicted octanol–water partition coefficient (Wildman–Crippen LogP) is 3.15. The van der Waals surface area contributed by atoms with Gasteiger partial charge >= 0.3 is 0 Å². The highest BCUT2D eigenvalue weighted by atomic mass is 19.1. The van der Waals surface area contributed by atoms with E-state index in [1.165, 1.54) is 17.8 Å². The summed E-state index contributed by atoms with van der Waals surface area (Å²) in [4.78, 5) is 16.9. The summed E-state index contributed by atoms with van der Waals surface area (Å²) in [6, 6.07) is 14.1. The molecule has 1 heterocycles. The molecule has 1 aliphatic heterocycles. The highest BCUT2D eigenvalue weighted by Crippen LogP contribution is 2.19. The van der Waals surface area contributed by atoms with Gasteiger partial charge in [0, 0.05) is 37.6 Å². The summed E-state index contributed by atoms with van der Waals surface area (Å²) in [6.45, 7) is 7.52. The second-order valence-corrected chi connectivity index (χ2v) is 6.32. The largest absolute Gasteiger partial charge is 0.369 e. The van der Waals surface area contributed by atoms with Gasteiger partial charge in [-0.3, -0.25) is 4.79 Å². The van der Waals surface area contributed by atoms with Crippen molar-refractivity contribution < 1.29 is 9.18 Å². The summed E-state index contributed by atoms with van der Waals surface area (Å²) in [5.41, 5.74) is 2.61. The second-order valence-electron chi connectivity index (χ2n) is 6.32. The van der Waals surface area contributed by atoms with E-state index in [-0.39, 0.29) is 18.1 Å². The van der Waals surface area contributed by atoms with E-state index in [0.717, 1.165) is 38.4 Å². The number of anilines is 2. The van der Waals surface area contributed by atoms with Crippen molar-refractivity contribution in [2.75, 3.05) is 42.9 Å². The van der Waals surface area contributed by atoms with Gasteiger partial charge in [0.05, 0.1) is 6.42 Å². The van der Waals surface area contributed by atoms with E-state index in [1.807, 2.05) is 24.3 Å². The Labute approximate surface area is 148 Å². The lowest BCUT2D eigenvalue weighted by atomic mass is 10.1. The average molecular weight is 341 g/mol. The summed E-state index contributed by atoms with van der Waals surface area (Å²) >= 11 is 0. The van der Waals surface area contributed by atoms with Crippen LogP contribution >= 0.6 is 0 Å². The number of hydrogen-bond donors (Lipinski definition) is 1. The zero-order valence-electron chi connectivity index (χ0n) is 14.5. The van der Waals surface area contributed by atoms with E-state index in [0.29, 0.717) is 5.56 Å². The fourth-order valence-electron chi connectivity index (χ4n) is 3.12. The van der Waals surface area contributed by atoms with Gasteiger partial charge in [0.1, 0.15) is 5.82 Å². The standard InChI is InChI=1S/C20H24FN3O/c1-2-23-10-12-24(13-11-23)19-8-6-18(7-9-19)22-20(25)15-16-4-3-5-17(21)14-16/h3-9,14H,2,10-13,15H2,1H3,(H,22,25). The van der Waals surface area contributed by atoms with Gasteiger partial charge in [-0.2, -0.15) is 0 Å². The van der Waals surface area contributed by atoms with Crippen LogP contribution in [0.3, 0.4) is 0 Å². The summed E-state index contributed by atoms with van der Waals surface area (Å²) in [5, 5.41) is 2.87. The van der Waals surface area contributed by atoms with Crippen molar-refractivity contribution in [3.8, 4) is 0 Å². The van der Waals surface area contributed by atoms with Crippen LogP contribution < -0.4 is 10.2 Å². The molecule has 2 aromatic rings. The molecule has 0 radical (unpaired) electrons. The van der Waals surface area contributed by atoms with Crippen LogP contribution in [0.5, 0.6) is 0 Å². The van der Waals surface area contributed by atoms with Crippen LogP contribution in [-0.4, -0.2) is 43.5 Å². The molecule has 0 aliphatic carbocycles. The minimum atomic E-state index is -0.321. The van der Waals surface area contributed by atoms with Crippen LogP contribution in [-0.2, 0) is 11.2 Å². The van der Waals surface area contributed by atoms with Gasteiger partial charge in [0.2, 0.25) is 5.91 Å². The minimum Gasteiger partial charge on any atom is -0.369 e. The molecule has 2 aromatic carbocycles. The topological polar surface area (TPSA) is 35.6 Å². The Bertz CT molecular complexity index is 709. The van der Waals surface area contributed by atoms with Gasteiger partial charge in [-0.1, -0.05) is 19.1 Å². The molecule has 132 valence electrons. The SMILES string of the molecule is CCN1CCN(c2ccc(NC(=O)Cc3cccc(F)c3)cc2)CC1. The molecule has 0 unspecified atom stereocenters. The number of halogens is 1. The van der Waals surface area contributed by atoms with Crippen LogP contribution in [0.1, 0.15) is 12.5 Å². The maximum atomic E-state index is 13.2. The molecule has 5 heteroatoms. The Morgan fingerprint density at radius 3 is 2.44 bits per heavy atom. The quantitative estimate of drug-likeness (QED) is 0.907. The number of nitrogens with zero attached hydrogens (tertiary/aromatic N) is 2. The van der Waals surface area contributed by atoms with Crippen LogP contribution in [0.15, 0.2) is 48.5 Å². The smallest absolute Gasteiger partial charge is 0.228 e. The third kappa shape index (κ3) is 4.79. The molecule has 1 aliphatic rings. The van der Waals surface area contributed by atoms with Crippen molar-refractivity contribution in [3.63, 3.8) is 0 Å². The minimum absolute atomic E-state index is 0.144. The fraction of sp³-hybridized carbons (Fsp3) is 0.350. The summed E-state index contributed by atoms with van der Waals surface area (Å²) in [7, 11) is 0. The Balaban J connectivity index is 1.54. The van der Waals surface area contributed by atoms with E-state index in [9.17, 15) is 9.18 Å². The number of rotatable bonds is 5. The molecule has 3 rings (SSSR count). The fourth-order valence-corrected chi connectivity index (χ4v) is 3.12. The van der Waals surface area contributed by atoms with Crippen molar-refractivity contribution in [1.82, 2.24) is 4.90 Å². The third-order valence-electron chi connectivity index (χ3n) is 4.59. The maximum Gasteiger partial charge on any atom is 0.228 e. The van der Waals surface area contributed by atoms with Gasteiger partial charge < -0.3 is 15.1 Å². The lowest BCUT2D eigenvalue weighted by molar-refractivity contribution is -0.115. The molecular formula is C20H24FN3O. The molecule has 4 nitrogen and oxygen atoms in total. The molecule has 0 spiro atoms. The predicted molar refractivity (Wildman–Crippen MR) is 99.5 cm³/mol. The van der Waals surface area contributed by atoms with Crippen molar-refractivity contribution in [3.05, 3.63) is 59.9 Å². The number of amides is 1. The Kier molecular flexibility index (Phi) is 5.66. The van der Waals surface area contributed by atoms with Gasteiger partial charge in [-0.05, 0) is 48.5 Å². The van der Waals surface area contributed by atoms with Crippen molar-refractivity contribution in [2.24, 2.45) is 0 Å². The Morgan fingerprint density at radius 1 is 1.08 bits per heavy atom. The van der Waals surface area contributed by atoms with E-state index in [4.69, 9.17) is 0 Å². The lowest BCUT2D eigenvalue weighted by Gasteiger charge is -2.35. The van der Waals surface area contributed by atoms with Gasteiger partial charge in [-0.25, -0.2) is 4.39 Å². The summed E-state index contributed by atoms with van der Waals surface area (Å²) in [6.07, 6.45) is 0.165. The lowest BCUT2D eigenvalue weighted by Crippen LogP contribution is -2.46. The molecule has 0 bridgehead atoms. The molecule has 0 atom stereocenters. The normalized spacial score (nSPS) is 15.2. The van der Waals surface area contributed by atoms with Gasteiger partial charge in [-0.15, -0.1) is 0 Å². The monoisotopic (exact) mass is 341 g/mol. The molecule has 0 aromatic heterocycles. The Morgan fingerprint density at radius 2 is 1.80 bits per heavy atom. The summed E-state index contributed by atoms with van der Waals surface area (Å²) in [5.74, 6) is -0.465. The van der Waals surface area contributed by atoms with Gasteiger partial charge in [0.25, 0.3) is 0 Å². The molecule has 1 N–H and O–H groups in total. The molecule has 1 fully saturated rings. The van der Waals surface area contributed by atoms with Gasteiger partial charge in [0.15, 0.2) is 0 Å². The number of piperazine rings is 1. The third-order valence-corrected chi connectivity index (χ3v) is 4.59. The van der Waals surface area contributed by atoms with Crippen LogP contribution in [0, 0.1) is 5.82 Å². The first-order valence-corrected chi connectivity index (χ1v) is 8.75. The van der Waals surface area contributed by atoms with E-state index in [2.05, 4.69) is 22.0 Å². The highest BCUT2D eigenvalue weighted by molar-refractivity contribution is 5.92. The number of carbonyl (C=O) groups is 1. The number of carbonyl (C=O) groups excluding carboxylic acids is 1. The van der Waals surface area contributed by atoms with E-state index in [1.54, 1.807) is 12.1 Å². The Hall–Kier alpha value is -2.40.